The fourth-order valence-electron chi connectivity index (χ4n) is 1.78. The first kappa shape index (κ1) is 16.2. The molecule has 22 heavy (non-hydrogen) atoms. The highest BCUT2D eigenvalue weighted by molar-refractivity contribution is 9.10. The number of hydrogen-bond acceptors (Lipinski definition) is 6. The lowest BCUT2D eigenvalue weighted by atomic mass is 10.1. The molecule has 0 saturated heterocycles. The summed E-state index contributed by atoms with van der Waals surface area (Å²) in [5.74, 6) is 0.320. The van der Waals surface area contributed by atoms with Crippen LogP contribution in [-0.4, -0.2) is 20.4 Å². The van der Waals surface area contributed by atoms with Gasteiger partial charge in [0.1, 0.15) is 6.33 Å². The van der Waals surface area contributed by atoms with E-state index >= 15 is 0 Å². The molecule has 0 fully saturated rings. The molecule has 2 N–H and O–H groups in total. The van der Waals surface area contributed by atoms with Crippen molar-refractivity contribution in [1.29, 1.82) is 0 Å². The number of aromatic nitrogens is 2. The molecule has 0 saturated carbocycles. The van der Waals surface area contributed by atoms with Crippen molar-refractivity contribution in [2.24, 2.45) is 0 Å². The molecular weight excluding hydrogens is 350 g/mol. The van der Waals surface area contributed by atoms with Crippen molar-refractivity contribution in [3.05, 3.63) is 45.2 Å². The maximum absolute atomic E-state index is 11.4. The fraction of sp³-hybridized carbons (Fsp3) is 0.286. The summed E-state index contributed by atoms with van der Waals surface area (Å²) in [7, 11) is 0. The standard InChI is InChI=1S/C14H16BrN5O2/c1-14(2,3)19-13-11(20(21)22)12(16-8-17-13)18-10-7-5-4-6-9(10)15/h4-8H,1-3H3,(H2,16,17,18,19). The second-order valence-electron chi connectivity index (χ2n) is 5.66. The van der Waals surface area contributed by atoms with Crippen molar-refractivity contribution in [1.82, 2.24) is 9.97 Å². The summed E-state index contributed by atoms with van der Waals surface area (Å²) < 4.78 is 0.785. The van der Waals surface area contributed by atoms with E-state index in [0.717, 1.165) is 4.47 Å². The lowest BCUT2D eigenvalue weighted by Gasteiger charge is -2.21. The molecule has 0 aliphatic heterocycles. The van der Waals surface area contributed by atoms with E-state index < -0.39 is 4.92 Å². The van der Waals surface area contributed by atoms with Crippen LogP contribution in [0.4, 0.5) is 23.0 Å². The summed E-state index contributed by atoms with van der Waals surface area (Å²) in [6.45, 7) is 5.71. The van der Waals surface area contributed by atoms with E-state index in [-0.39, 0.29) is 22.9 Å². The van der Waals surface area contributed by atoms with Crippen molar-refractivity contribution in [3.8, 4) is 0 Å². The molecule has 8 heteroatoms. The van der Waals surface area contributed by atoms with Crippen LogP contribution < -0.4 is 10.6 Å². The smallest absolute Gasteiger partial charge is 0.353 e. The van der Waals surface area contributed by atoms with Gasteiger partial charge in [-0.05, 0) is 48.8 Å². The Kier molecular flexibility index (Phi) is 4.60. The number of rotatable bonds is 4. The van der Waals surface area contributed by atoms with Gasteiger partial charge in [0.2, 0.25) is 11.6 Å². The second kappa shape index (κ2) is 6.27. The number of anilines is 3. The molecule has 0 aliphatic carbocycles. The first-order chi connectivity index (χ1) is 10.3. The number of benzene rings is 1. The normalized spacial score (nSPS) is 11.1. The molecule has 0 bridgehead atoms. The Morgan fingerprint density at radius 2 is 1.82 bits per heavy atom. The quantitative estimate of drug-likeness (QED) is 0.625. The van der Waals surface area contributed by atoms with Crippen LogP contribution >= 0.6 is 15.9 Å². The van der Waals surface area contributed by atoms with Crippen LogP contribution in [0, 0.1) is 10.1 Å². The number of hydrogen-bond donors (Lipinski definition) is 2. The molecule has 7 nitrogen and oxygen atoms in total. The summed E-state index contributed by atoms with van der Waals surface area (Å²) >= 11 is 3.39. The van der Waals surface area contributed by atoms with E-state index in [9.17, 15) is 10.1 Å². The highest BCUT2D eigenvalue weighted by Crippen LogP contribution is 2.34. The molecule has 0 radical (unpaired) electrons. The average molecular weight is 366 g/mol. The lowest BCUT2D eigenvalue weighted by Crippen LogP contribution is -2.27. The first-order valence-corrected chi connectivity index (χ1v) is 7.36. The lowest BCUT2D eigenvalue weighted by molar-refractivity contribution is -0.383. The van der Waals surface area contributed by atoms with Crippen LogP contribution in [0.5, 0.6) is 0 Å². The largest absolute Gasteiger partial charge is 0.360 e. The second-order valence-corrected chi connectivity index (χ2v) is 6.51. The van der Waals surface area contributed by atoms with Gasteiger partial charge in [-0.25, -0.2) is 9.97 Å². The third-order valence-corrected chi connectivity index (χ3v) is 3.32. The van der Waals surface area contributed by atoms with Crippen LogP contribution in [0.25, 0.3) is 0 Å². The minimum absolute atomic E-state index is 0.138. The molecule has 0 aliphatic rings. The van der Waals surface area contributed by atoms with E-state index in [4.69, 9.17) is 0 Å². The maximum Gasteiger partial charge on any atom is 0.353 e. The Bertz CT molecular complexity index is 700. The van der Waals surface area contributed by atoms with E-state index in [2.05, 4.69) is 36.5 Å². The monoisotopic (exact) mass is 365 g/mol. The van der Waals surface area contributed by atoms with Crippen LogP contribution in [0.2, 0.25) is 0 Å². The molecule has 116 valence electrons. The van der Waals surface area contributed by atoms with Gasteiger partial charge >= 0.3 is 5.69 Å². The third kappa shape index (κ3) is 3.91. The van der Waals surface area contributed by atoms with Crippen molar-refractivity contribution in [2.45, 2.75) is 26.3 Å². The highest BCUT2D eigenvalue weighted by atomic mass is 79.9. The van der Waals surface area contributed by atoms with Crippen molar-refractivity contribution >= 4 is 38.9 Å². The summed E-state index contributed by atoms with van der Waals surface area (Å²) in [5.41, 5.74) is 0.142. The number of nitrogens with one attached hydrogen (secondary N) is 2. The van der Waals surface area contributed by atoms with Crippen LogP contribution in [0.15, 0.2) is 35.1 Å². The van der Waals surface area contributed by atoms with Gasteiger partial charge in [0.25, 0.3) is 0 Å². The number of halogens is 1. The fourth-order valence-corrected chi connectivity index (χ4v) is 2.16. The number of nitro groups is 1. The Labute approximate surface area is 136 Å². The topological polar surface area (TPSA) is 93.0 Å². The van der Waals surface area contributed by atoms with Gasteiger partial charge in [0, 0.05) is 10.0 Å². The Morgan fingerprint density at radius 1 is 1.18 bits per heavy atom. The number of nitrogens with zero attached hydrogens (tertiary/aromatic N) is 3. The molecule has 0 spiro atoms. The van der Waals surface area contributed by atoms with E-state index in [1.165, 1.54) is 6.33 Å². The zero-order valence-electron chi connectivity index (χ0n) is 12.4. The Morgan fingerprint density at radius 3 is 2.41 bits per heavy atom. The van der Waals surface area contributed by atoms with Gasteiger partial charge in [0.15, 0.2) is 0 Å². The van der Waals surface area contributed by atoms with Gasteiger partial charge in [-0.15, -0.1) is 0 Å². The molecule has 0 amide bonds. The van der Waals surface area contributed by atoms with E-state index in [0.29, 0.717) is 5.69 Å². The van der Waals surface area contributed by atoms with Gasteiger partial charge < -0.3 is 10.6 Å². The molecule has 0 atom stereocenters. The first-order valence-electron chi connectivity index (χ1n) is 6.57. The molecule has 2 rings (SSSR count). The minimum Gasteiger partial charge on any atom is -0.360 e. The third-order valence-electron chi connectivity index (χ3n) is 2.63. The predicted molar refractivity (Wildman–Crippen MR) is 89.5 cm³/mol. The van der Waals surface area contributed by atoms with Crippen LogP contribution in [-0.2, 0) is 0 Å². The number of para-hydroxylation sites is 1. The summed E-state index contributed by atoms with van der Waals surface area (Å²) in [5, 5.41) is 17.4. The van der Waals surface area contributed by atoms with Crippen LogP contribution in [0.3, 0.4) is 0 Å². The minimum atomic E-state index is -0.493. The maximum atomic E-state index is 11.4. The highest BCUT2D eigenvalue weighted by Gasteiger charge is 2.26. The molecular formula is C14H16BrN5O2. The zero-order valence-corrected chi connectivity index (χ0v) is 14.0. The summed E-state index contributed by atoms with van der Waals surface area (Å²) in [6.07, 6.45) is 1.29. The molecule has 0 unspecified atom stereocenters. The average Bonchev–Trinajstić information content (AvgIpc) is 2.39. The molecule has 1 heterocycles. The molecule has 2 aromatic rings. The molecule has 1 aromatic heterocycles. The van der Waals surface area contributed by atoms with Gasteiger partial charge in [-0.2, -0.15) is 0 Å². The van der Waals surface area contributed by atoms with E-state index in [1.807, 2.05) is 39.0 Å². The van der Waals surface area contributed by atoms with Crippen molar-refractivity contribution < 1.29 is 4.92 Å². The van der Waals surface area contributed by atoms with Gasteiger partial charge in [0.05, 0.1) is 10.6 Å². The summed E-state index contributed by atoms with van der Waals surface area (Å²) in [4.78, 5) is 18.9. The SMILES string of the molecule is CC(C)(C)Nc1ncnc(Nc2ccccc2Br)c1[N+](=O)[O-]. The van der Waals surface area contributed by atoms with Crippen molar-refractivity contribution in [3.63, 3.8) is 0 Å². The molecule has 1 aromatic carbocycles. The predicted octanol–water partition coefficient (Wildman–Crippen LogP) is 4.10. The Hall–Kier alpha value is -2.22. The Balaban J connectivity index is 2.45. The van der Waals surface area contributed by atoms with Crippen LogP contribution in [0.1, 0.15) is 20.8 Å². The zero-order chi connectivity index (χ0) is 16.3. The van der Waals surface area contributed by atoms with E-state index in [1.54, 1.807) is 6.07 Å². The van der Waals surface area contributed by atoms with Gasteiger partial charge in [-0.3, -0.25) is 10.1 Å². The van der Waals surface area contributed by atoms with Crippen molar-refractivity contribution in [2.75, 3.05) is 10.6 Å². The van der Waals surface area contributed by atoms with Gasteiger partial charge in [-0.1, -0.05) is 12.1 Å². The summed E-state index contributed by atoms with van der Waals surface area (Å²) in [6, 6.07) is 7.32.